The molecule has 2 aromatic carbocycles. The number of nitrogen functional groups attached to an aromatic ring is 1. The van der Waals surface area contributed by atoms with Crippen LogP contribution in [0, 0.1) is 0 Å². The summed E-state index contributed by atoms with van der Waals surface area (Å²) in [6, 6.07) is 18.2. The number of hydrogen-bond acceptors (Lipinski definition) is 5. The standard InChI is InChI=1S/C23H23N5O2/c24-21-20(14-18(15-26-21)22(29)27-19-4-2-1-3-5-19)16-6-8-17(9-7-16)23(30)28-12-10-25-11-13-28/h1-9,14-15,25H,10-13H2,(H2,24,26)(H,27,29). The van der Waals surface area contributed by atoms with Crippen molar-refractivity contribution in [3.63, 3.8) is 0 Å². The summed E-state index contributed by atoms with van der Waals surface area (Å²) < 4.78 is 0. The monoisotopic (exact) mass is 401 g/mol. The molecule has 152 valence electrons. The molecule has 0 aliphatic carbocycles. The molecule has 7 nitrogen and oxygen atoms in total. The van der Waals surface area contributed by atoms with E-state index in [4.69, 9.17) is 5.73 Å². The van der Waals surface area contributed by atoms with Crippen LogP contribution in [0.1, 0.15) is 20.7 Å². The highest BCUT2D eigenvalue weighted by atomic mass is 16.2. The molecule has 0 bridgehead atoms. The molecule has 0 spiro atoms. The number of anilines is 2. The molecule has 7 heteroatoms. The van der Waals surface area contributed by atoms with Gasteiger partial charge in [0.2, 0.25) is 0 Å². The van der Waals surface area contributed by atoms with E-state index < -0.39 is 0 Å². The predicted octanol–water partition coefficient (Wildman–Crippen LogP) is 2.63. The fourth-order valence-corrected chi connectivity index (χ4v) is 3.40. The van der Waals surface area contributed by atoms with Gasteiger partial charge in [-0.1, -0.05) is 30.3 Å². The molecule has 2 amide bonds. The van der Waals surface area contributed by atoms with E-state index in [0.717, 1.165) is 18.7 Å². The van der Waals surface area contributed by atoms with Gasteiger partial charge in [-0.15, -0.1) is 0 Å². The Balaban J connectivity index is 1.54. The molecule has 1 aliphatic rings. The number of nitrogens with two attached hydrogens (primary N) is 1. The van der Waals surface area contributed by atoms with Gasteiger partial charge < -0.3 is 21.3 Å². The molecule has 4 N–H and O–H groups in total. The van der Waals surface area contributed by atoms with Crippen LogP contribution in [0.4, 0.5) is 11.5 Å². The number of carbonyl (C=O) groups is 2. The van der Waals surface area contributed by atoms with E-state index in [1.165, 1.54) is 6.20 Å². The lowest BCUT2D eigenvalue weighted by molar-refractivity contribution is 0.0735. The number of aromatic nitrogens is 1. The van der Waals surface area contributed by atoms with Crippen LogP contribution in [0.3, 0.4) is 0 Å². The Bertz CT molecular complexity index is 1040. The molecule has 1 saturated heterocycles. The van der Waals surface area contributed by atoms with Gasteiger partial charge >= 0.3 is 0 Å². The number of hydrogen-bond donors (Lipinski definition) is 3. The summed E-state index contributed by atoms with van der Waals surface area (Å²) in [5.74, 6) is 0.0815. The third kappa shape index (κ3) is 4.31. The van der Waals surface area contributed by atoms with Crippen molar-refractivity contribution >= 4 is 23.3 Å². The lowest BCUT2D eigenvalue weighted by Gasteiger charge is -2.27. The maximum Gasteiger partial charge on any atom is 0.257 e. The van der Waals surface area contributed by atoms with Crippen molar-refractivity contribution in [2.24, 2.45) is 0 Å². The lowest BCUT2D eigenvalue weighted by atomic mass is 10.0. The summed E-state index contributed by atoms with van der Waals surface area (Å²) in [5.41, 5.74) is 9.25. The first-order valence-electron chi connectivity index (χ1n) is 9.84. The number of benzene rings is 2. The first kappa shape index (κ1) is 19.6. The summed E-state index contributed by atoms with van der Waals surface area (Å²) in [6.45, 7) is 3.03. The van der Waals surface area contributed by atoms with Crippen LogP contribution in [0.2, 0.25) is 0 Å². The van der Waals surface area contributed by atoms with Gasteiger partial charge in [-0.05, 0) is 35.9 Å². The van der Waals surface area contributed by atoms with Gasteiger partial charge in [0.1, 0.15) is 5.82 Å². The number of carbonyl (C=O) groups excluding carboxylic acids is 2. The quantitative estimate of drug-likeness (QED) is 0.624. The second-order valence-electron chi connectivity index (χ2n) is 7.10. The van der Waals surface area contributed by atoms with Gasteiger partial charge in [0.05, 0.1) is 5.56 Å². The van der Waals surface area contributed by atoms with Crippen molar-refractivity contribution in [3.8, 4) is 11.1 Å². The van der Waals surface area contributed by atoms with Crippen molar-refractivity contribution in [1.29, 1.82) is 0 Å². The Morgan fingerprint density at radius 3 is 2.37 bits per heavy atom. The van der Waals surface area contributed by atoms with Crippen LogP contribution in [-0.4, -0.2) is 47.9 Å². The van der Waals surface area contributed by atoms with E-state index in [0.29, 0.717) is 41.3 Å². The zero-order chi connectivity index (χ0) is 20.9. The van der Waals surface area contributed by atoms with Crippen molar-refractivity contribution in [3.05, 3.63) is 78.0 Å². The molecule has 0 radical (unpaired) electrons. The van der Waals surface area contributed by atoms with Gasteiger partial charge in [-0.3, -0.25) is 9.59 Å². The van der Waals surface area contributed by atoms with Crippen molar-refractivity contribution < 1.29 is 9.59 Å². The van der Waals surface area contributed by atoms with E-state index in [2.05, 4.69) is 15.6 Å². The summed E-state index contributed by atoms with van der Waals surface area (Å²) in [7, 11) is 0. The molecule has 0 unspecified atom stereocenters. The normalized spacial score (nSPS) is 13.7. The highest BCUT2D eigenvalue weighted by molar-refractivity contribution is 6.05. The first-order valence-corrected chi connectivity index (χ1v) is 9.84. The lowest BCUT2D eigenvalue weighted by Crippen LogP contribution is -2.46. The smallest absolute Gasteiger partial charge is 0.257 e. The molecule has 0 saturated carbocycles. The van der Waals surface area contributed by atoms with E-state index in [1.54, 1.807) is 18.2 Å². The Hall–Kier alpha value is -3.71. The minimum Gasteiger partial charge on any atom is -0.383 e. The molecule has 2 heterocycles. The van der Waals surface area contributed by atoms with Crippen LogP contribution in [-0.2, 0) is 0 Å². The Morgan fingerprint density at radius 2 is 1.67 bits per heavy atom. The fraction of sp³-hybridized carbons (Fsp3) is 0.174. The number of nitrogens with one attached hydrogen (secondary N) is 2. The molecule has 30 heavy (non-hydrogen) atoms. The summed E-state index contributed by atoms with van der Waals surface area (Å²) in [4.78, 5) is 31.2. The maximum absolute atomic E-state index is 12.6. The average molecular weight is 401 g/mol. The topological polar surface area (TPSA) is 100 Å². The van der Waals surface area contributed by atoms with E-state index in [1.807, 2.05) is 47.4 Å². The zero-order valence-corrected chi connectivity index (χ0v) is 16.5. The van der Waals surface area contributed by atoms with Gasteiger partial charge in [0.25, 0.3) is 11.8 Å². The SMILES string of the molecule is Nc1ncc(C(=O)Nc2ccccc2)cc1-c1ccc(C(=O)N2CCNCC2)cc1. The summed E-state index contributed by atoms with van der Waals surface area (Å²) in [6.07, 6.45) is 1.46. The summed E-state index contributed by atoms with van der Waals surface area (Å²) in [5, 5.41) is 6.08. The molecular weight excluding hydrogens is 378 g/mol. The minimum atomic E-state index is -0.263. The van der Waals surface area contributed by atoms with Crippen LogP contribution < -0.4 is 16.4 Å². The predicted molar refractivity (Wildman–Crippen MR) is 117 cm³/mol. The molecule has 1 aliphatic heterocycles. The Labute approximate surface area is 174 Å². The zero-order valence-electron chi connectivity index (χ0n) is 16.5. The van der Waals surface area contributed by atoms with Crippen molar-refractivity contribution in [2.45, 2.75) is 0 Å². The minimum absolute atomic E-state index is 0.0186. The first-order chi connectivity index (χ1) is 14.6. The van der Waals surface area contributed by atoms with Gasteiger partial charge in [0.15, 0.2) is 0 Å². The number of para-hydroxylation sites is 1. The van der Waals surface area contributed by atoms with Crippen LogP contribution in [0.5, 0.6) is 0 Å². The average Bonchev–Trinajstić information content (AvgIpc) is 2.80. The molecule has 0 atom stereocenters. The van der Waals surface area contributed by atoms with Crippen LogP contribution >= 0.6 is 0 Å². The molecule has 1 aromatic heterocycles. The Morgan fingerprint density at radius 1 is 0.967 bits per heavy atom. The van der Waals surface area contributed by atoms with Gasteiger partial charge in [-0.2, -0.15) is 0 Å². The summed E-state index contributed by atoms with van der Waals surface area (Å²) >= 11 is 0. The molecular formula is C23H23N5O2. The van der Waals surface area contributed by atoms with Gasteiger partial charge in [-0.25, -0.2) is 4.98 Å². The van der Waals surface area contributed by atoms with E-state index in [-0.39, 0.29) is 11.8 Å². The number of nitrogens with zero attached hydrogens (tertiary/aromatic N) is 2. The van der Waals surface area contributed by atoms with Crippen molar-refractivity contribution in [2.75, 3.05) is 37.2 Å². The number of rotatable bonds is 4. The largest absolute Gasteiger partial charge is 0.383 e. The number of amides is 2. The van der Waals surface area contributed by atoms with Crippen LogP contribution in [0.15, 0.2) is 66.9 Å². The Kier molecular flexibility index (Phi) is 5.72. The second kappa shape index (κ2) is 8.75. The van der Waals surface area contributed by atoms with E-state index in [9.17, 15) is 9.59 Å². The van der Waals surface area contributed by atoms with Gasteiger partial charge in [0, 0.05) is 49.2 Å². The number of pyridine rings is 1. The van der Waals surface area contributed by atoms with E-state index >= 15 is 0 Å². The number of piperazine rings is 1. The molecule has 3 aromatic rings. The van der Waals surface area contributed by atoms with Crippen LogP contribution in [0.25, 0.3) is 11.1 Å². The second-order valence-corrected chi connectivity index (χ2v) is 7.10. The third-order valence-electron chi connectivity index (χ3n) is 5.06. The maximum atomic E-state index is 12.6. The fourth-order valence-electron chi connectivity index (χ4n) is 3.40. The highest BCUT2D eigenvalue weighted by Crippen LogP contribution is 2.26. The van der Waals surface area contributed by atoms with Crippen molar-refractivity contribution in [1.82, 2.24) is 15.2 Å². The highest BCUT2D eigenvalue weighted by Gasteiger charge is 2.18. The molecule has 1 fully saturated rings. The molecule has 4 rings (SSSR count). The third-order valence-corrected chi connectivity index (χ3v) is 5.06.